The molecule has 0 N–H and O–H groups in total. The summed E-state index contributed by atoms with van der Waals surface area (Å²) < 4.78 is 12.2. The standard InChI is InChI=1S/C14H19ClO2S/c1-9(2)10(3)18(17)11(4)14(16)12-5-7-13(15)8-6-12/h5-11H,1-4H3. The van der Waals surface area contributed by atoms with E-state index in [1.807, 2.05) is 20.8 Å². The van der Waals surface area contributed by atoms with E-state index >= 15 is 0 Å². The number of halogens is 1. The molecule has 3 unspecified atom stereocenters. The molecule has 4 heteroatoms. The summed E-state index contributed by atoms with van der Waals surface area (Å²) in [6.07, 6.45) is 0. The number of benzene rings is 1. The van der Waals surface area contributed by atoms with Gasteiger partial charge in [0.1, 0.15) is 0 Å². The fourth-order valence-electron chi connectivity index (χ4n) is 1.54. The van der Waals surface area contributed by atoms with Crippen LogP contribution in [0, 0.1) is 5.92 Å². The maximum Gasteiger partial charge on any atom is 0.178 e. The quantitative estimate of drug-likeness (QED) is 0.774. The third-order valence-corrected chi connectivity index (χ3v) is 5.59. The molecule has 0 bridgehead atoms. The smallest absolute Gasteiger partial charge is 0.178 e. The van der Waals surface area contributed by atoms with Crippen molar-refractivity contribution in [3.63, 3.8) is 0 Å². The Morgan fingerprint density at radius 1 is 1.11 bits per heavy atom. The van der Waals surface area contributed by atoms with E-state index in [1.165, 1.54) is 0 Å². The summed E-state index contributed by atoms with van der Waals surface area (Å²) in [4.78, 5) is 12.2. The lowest BCUT2D eigenvalue weighted by atomic mass is 10.1. The van der Waals surface area contributed by atoms with Crippen LogP contribution in [0.15, 0.2) is 24.3 Å². The second kappa shape index (κ2) is 6.48. The minimum atomic E-state index is -1.16. The van der Waals surface area contributed by atoms with E-state index in [9.17, 15) is 9.00 Å². The fraction of sp³-hybridized carbons (Fsp3) is 0.500. The molecule has 3 atom stereocenters. The van der Waals surface area contributed by atoms with Gasteiger partial charge in [0, 0.05) is 26.6 Å². The van der Waals surface area contributed by atoms with Gasteiger partial charge >= 0.3 is 0 Å². The van der Waals surface area contributed by atoms with Gasteiger partial charge in [0.2, 0.25) is 0 Å². The van der Waals surface area contributed by atoms with Crippen molar-refractivity contribution >= 4 is 28.2 Å². The first-order chi connectivity index (χ1) is 8.34. The summed E-state index contributed by atoms with van der Waals surface area (Å²) in [5.41, 5.74) is 0.566. The van der Waals surface area contributed by atoms with Crippen molar-refractivity contribution in [2.45, 2.75) is 38.2 Å². The van der Waals surface area contributed by atoms with Gasteiger partial charge in [-0.25, -0.2) is 0 Å². The van der Waals surface area contributed by atoms with Crippen molar-refractivity contribution in [2.75, 3.05) is 0 Å². The molecule has 100 valence electrons. The first-order valence-electron chi connectivity index (χ1n) is 6.03. The molecule has 0 saturated carbocycles. The van der Waals surface area contributed by atoms with Crippen molar-refractivity contribution in [3.05, 3.63) is 34.9 Å². The van der Waals surface area contributed by atoms with Gasteiger partial charge in [-0.3, -0.25) is 9.00 Å². The van der Waals surface area contributed by atoms with Crippen molar-refractivity contribution in [2.24, 2.45) is 5.92 Å². The van der Waals surface area contributed by atoms with Crippen LogP contribution in [-0.2, 0) is 10.8 Å². The molecule has 2 nitrogen and oxygen atoms in total. The van der Waals surface area contributed by atoms with Gasteiger partial charge in [-0.2, -0.15) is 0 Å². The molecule has 1 aromatic carbocycles. The van der Waals surface area contributed by atoms with Crippen LogP contribution < -0.4 is 0 Å². The average molecular weight is 287 g/mol. The Morgan fingerprint density at radius 3 is 2.06 bits per heavy atom. The van der Waals surface area contributed by atoms with Crippen LogP contribution in [0.1, 0.15) is 38.1 Å². The molecular formula is C14H19ClO2S. The van der Waals surface area contributed by atoms with Gasteiger partial charge in [-0.15, -0.1) is 0 Å². The fourth-order valence-corrected chi connectivity index (χ4v) is 3.20. The minimum Gasteiger partial charge on any atom is -0.293 e. The molecular weight excluding hydrogens is 268 g/mol. The van der Waals surface area contributed by atoms with Gasteiger partial charge in [0.05, 0.1) is 5.25 Å². The maximum atomic E-state index is 12.2. The van der Waals surface area contributed by atoms with Crippen LogP contribution in [0.4, 0.5) is 0 Å². The van der Waals surface area contributed by atoms with Gasteiger partial charge in [0.25, 0.3) is 0 Å². The van der Waals surface area contributed by atoms with E-state index in [0.717, 1.165) is 0 Å². The molecule has 0 aliphatic heterocycles. The molecule has 1 rings (SSSR count). The van der Waals surface area contributed by atoms with E-state index in [-0.39, 0.29) is 11.0 Å². The Labute approximate surface area is 116 Å². The van der Waals surface area contributed by atoms with Crippen LogP contribution >= 0.6 is 11.6 Å². The highest BCUT2D eigenvalue weighted by Crippen LogP contribution is 2.17. The lowest BCUT2D eigenvalue weighted by molar-refractivity contribution is 0.0992. The Hall–Kier alpha value is -0.670. The van der Waals surface area contributed by atoms with Gasteiger partial charge in [0.15, 0.2) is 5.78 Å². The SMILES string of the molecule is CC(C)C(C)S(=O)C(C)C(=O)c1ccc(Cl)cc1. The number of carbonyl (C=O) groups is 1. The average Bonchev–Trinajstić information content (AvgIpc) is 2.36. The molecule has 0 heterocycles. The Bertz CT molecular complexity index is 440. The Morgan fingerprint density at radius 2 is 1.61 bits per heavy atom. The van der Waals surface area contributed by atoms with E-state index in [2.05, 4.69) is 0 Å². The van der Waals surface area contributed by atoms with Crippen molar-refractivity contribution < 1.29 is 9.00 Å². The number of hydrogen-bond acceptors (Lipinski definition) is 2. The molecule has 0 aromatic heterocycles. The van der Waals surface area contributed by atoms with E-state index in [4.69, 9.17) is 11.6 Å². The van der Waals surface area contributed by atoms with Gasteiger partial charge in [-0.1, -0.05) is 32.4 Å². The summed E-state index contributed by atoms with van der Waals surface area (Å²) in [7, 11) is -1.16. The normalized spacial score (nSPS) is 16.3. The third kappa shape index (κ3) is 3.66. The van der Waals surface area contributed by atoms with Crippen LogP contribution in [0.3, 0.4) is 0 Å². The van der Waals surface area contributed by atoms with E-state index in [1.54, 1.807) is 31.2 Å². The molecule has 0 radical (unpaired) electrons. The summed E-state index contributed by atoms with van der Waals surface area (Å²) >= 11 is 5.78. The molecule has 1 aromatic rings. The first kappa shape index (κ1) is 15.4. The Kier molecular flexibility index (Phi) is 5.54. The summed E-state index contributed by atoms with van der Waals surface area (Å²) in [5, 5.41) is 0.121. The van der Waals surface area contributed by atoms with E-state index < -0.39 is 16.0 Å². The molecule has 0 saturated heterocycles. The lowest BCUT2D eigenvalue weighted by Crippen LogP contribution is -2.31. The molecule has 0 amide bonds. The van der Waals surface area contributed by atoms with Crippen LogP contribution in [0.5, 0.6) is 0 Å². The summed E-state index contributed by atoms with van der Waals surface area (Å²) in [6.45, 7) is 7.68. The second-order valence-electron chi connectivity index (χ2n) is 4.79. The minimum absolute atomic E-state index is 0.0104. The van der Waals surface area contributed by atoms with Crippen molar-refractivity contribution in [1.82, 2.24) is 0 Å². The highest BCUT2D eigenvalue weighted by Gasteiger charge is 2.26. The third-order valence-electron chi connectivity index (χ3n) is 3.15. The topological polar surface area (TPSA) is 34.1 Å². The van der Waals surface area contributed by atoms with Crippen LogP contribution in [-0.4, -0.2) is 20.5 Å². The number of hydrogen-bond donors (Lipinski definition) is 0. The molecule has 0 spiro atoms. The van der Waals surface area contributed by atoms with Crippen molar-refractivity contribution in [1.29, 1.82) is 0 Å². The molecule has 0 aliphatic rings. The maximum absolute atomic E-state index is 12.2. The zero-order valence-electron chi connectivity index (χ0n) is 11.1. The zero-order chi connectivity index (χ0) is 13.9. The predicted octanol–water partition coefficient (Wildman–Crippen LogP) is 3.70. The first-order valence-corrected chi connectivity index (χ1v) is 7.69. The molecule has 18 heavy (non-hydrogen) atoms. The van der Waals surface area contributed by atoms with E-state index in [0.29, 0.717) is 16.5 Å². The lowest BCUT2D eigenvalue weighted by Gasteiger charge is -2.19. The summed E-state index contributed by atoms with van der Waals surface area (Å²) in [5.74, 6) is 0.212. The van der Waals surface area contributed by atoms with Gasteiger partial charge < -0.3 is 0 Å². The molecule has 0 fully saturated rings. The second-order valence-corrected chi connectivity index (χ2v) is 7.34. The van der Waals surface area contributed by atoms with Crippen LogP contribution in [0.2, 0.25) is 5.02 Å². The van der Waals surface area contributed by atoms with Crippen LogP contribution in [0.25, 0.3) is 0 Å². The highest BCUT2D eigenvalue weighted by atomic mass is 35.5. The highest BCUT2D eigenvalue weighted by molar-refractivity contribution is 7.87. The number of ketones is 1. The molecule has 0 aliphatic carbocycles. The number of carbonyl (C=O) groups excluding carboxylic acids is 1. The predicted molar refractivity (Wildman–Crippen MR) is 77.7 cm³/mol. The van der Waals surface area contributed by atoms with Crippen molar-refractivity contribution in [3.8, 4) is 0 Å². The number of rotatable bonds is 5. The number of Topliss-reactive ketones (excluding diaryl/α,β-unsaturated/α-hetero) is 1. The zero-order valence-corrected chi connectivity index (χ0v) is 12.7. The Balaban J connectivity index is 2.84. The largest absolute Gasteiger partial charge is 0.293 e. The summed E-state index contributed by atoms with van der Waals surface area (Å²) in [6, 6.07) is 6.71. The van der Waals surface area contributed by atoms with Gasteiger partial charge in [-0.05, 0) is 37.1 Å². The monoisotopic (exact) mass is 286 g/mol.